The van der Waals surface area contributed by atoms with Crippen molar-refractivity contribution in [2.45, 2.75) is 40.2 Å². The van der Waals surface area contributed by atoms with Gasteiger partial charge in [-0.25, -0.2) is 9.59 Å². The van der Waals surface area contributed by atoms with E-state index in [1.165, 1.54) is 0 Å². The topological polar surface area (TPSA) is 93.7 Å². The van der Waals surface area contributed by atoms with Crippen LogP contribution >= 0.6 is 0 Å². The Morgan fingerprint density at radius 2 is 1.68 bits per heavy atom. The highest BCUT2D eigenvalue weighted by atomic mass is 16.5. The molecule has 0 saturated carbocycles. The Morgan fingerprint density at radius 1 is 1.04 bits per heavy atom. The number of ether oxygens (including phenoxy) is 2. The fraction of sp³-hybridized carbons (Fsp3) is 0.500. The molecule has 0 unspecified atom stereocenters. The molecule has 0 spiro atoms. The first-order valence-corrected chi connectivity index (χ1v) is 8.29. The van der Waals surface area contributed by atoms with Gasteiger partial charge in [0.05, 0.1) is 11.7 Å². The molecule has 7 nitrogen and oxygen atoms in total. The maximum absolute atomic E-state index is 11.9. The van der Waals surface area contributed by atoms with Crippen LogP contribution in [0.3, 0.4) is 0 Å². The van der Waals surface area contributed by atoms with Gasteiger partial charge < -0.3 is 14.8 Å². The SMILES string of the molecule is CC(C)CCNC(=O)NC(=O)COC(=O)c1ccc(OC(C)C)cc1. The molecule has 0 fully saturated rings. The minimum Gasteiger partial charge on any atom is -0.491 e. The summed E-state index contributed by atoms with van der Waals surface area (Å²) in [7, 11) is 0. The number of rotatable bonds is 8. The number of hydrogen-bond donors (Lipinski definition) is 2. The van der Waals surface area contributed by atoms with Gasteiger partial charge >= 0.3 is 12.0 Å². The maximum atomic E-state index is 11.9. The van der Waals surface area contributed by atoms with Crippen molar-refractivity contribution in [3.05, 3.63) is 29.8 Å². The molecule has 2 N–H and O–H groups in total. The third-order valence-corrected chi connectivity index (χ3v) is 3.06. The number of urea groups is 1. The van der Waals surface area contributed by atoms with Crippen molar-refractivity contribution in [1.82, 2.24) is 10.6 Å². The van der Waals surface area contributed by atoms with Crippen molar-refractivity contribution >= 4 is 17.9 Å². The molecule has 1 rings (SSSR count). The Balaban J connectivity index is 2.35. The zero-order chi connectivity index (χ0) is 18.8. The van der Waals surface area contributed by atoms with Gasteiger partial charge in [0, 0.05) is 6.54 Å². The Hall–Kier alpha value is -2.57. The van der Waals surface area contributed by atoms with Crippen LogP contribution in [0, 0.1) is 5.92 Å². The zero-order valence-electron chi connectivity index (χ0n) is 15.1. The Labute approximate surface area is 148 Å². The van der Waals surface area contributed by atoms with Crippen LogP contribution in [0.4, 0.5) is 4.79 Å². The molecule has 1 aromatic carbocycles. The predicted molar refractivity (Wildman–Crippen MR) is 93.5 cm³/mol. The molecule has 3 amide bonds. The van der Waals surface area contributed by atoms with Crippen molar-refractivity contribution in [2.24, 2.45) is 5.92 Å². The van der Waals surface area contributed by atoms with Crippen molar-refractivity contribution in [3.8, 4) is 5.75 Å². The van der Waals surface area contributed by atoms with Crippen molar-refractivity contribution in [2.75, 3.05) is 13.2 Å². The van der Waals surface area contributed by atoms with Gasteiger partial charge in [-0.2, -0.15) is 0 Å². The summed E-state index contributed by atoms with van der Waals surface area (Å²) in [5.74, 6) is -0.238. The first-order chi connectivity index (χ1) is 11.8. The van der Waals surface area contributed by atoms with Crippen LogP contribution in [0.2, 0.25) is 0 Å². The second-order valence-electron chi connectivity index (χ2n) is 6.25. The zero-order valence-corrected chi connectivity index (χ0v) is 15.1. The smallest absolute Gasteiger partial charge is 0.338 e. The number of carbonyl (C=O) groups excluding carboxylic acids is 3. The molecule has 0 radical (unpaired) electrons. The fourth-order valence-corrected chi connectivity index (χ4v) is 1.84. The molecule has 0 saturated heterocycles. The third kappa shape index (κ3) is 8.74. The van der Waals surface area contributed by atoms with Gasteiger partial charge in [0.1, 0.15) is 5.75 Å². The summed E-state index contributed by atoms with van der Waals surface area (Å²) < 4.78 is 10.4. The number of esters is 1. The molecule has 25 heavy (non-hydrogen) atoms. The van der Waals surface area contributed by atoms with Gasteiger partial charge in [0.2, 0.25) is 0 Å². The first kappa shape index (κ1) is 20.5. The summed E-state index contributed by atoms with van der Waals surface area (Å²) in [6.45, 7) is 7.82. The van der Waals surface area contributed by atoms with Gasteiger partial charge in [0.25, 0.3) is 5.91 Å². The number of nitrogens with one attached hydrogen (secondary N) is 2. The summed E-state index contributed by atoms with van der Waals surface area (Å²) in [4.78, 5) is 34.9. The van der Waals surface area contributed by atoms with Gasteiger partial charge in [0.15, 0.2) is 6.61 Å². The van der Waals surface area contributed by atoms with Crippen LogP contribution in [0.25, 0.3) is 0 Å². The minimum atomic E-state index is -0.685. The summed E-state index contributed by atoms with van der Waals surface area (Å²) in [6, 6.07) is 5.81. The van der Waals surface area contributed by atoms with Crippen molar-refractivity contribution < 1.29 is 23.9 Å². The molecule has 0 aromatic heterocycles. The highest BCUT2D eigenvalue weighted by molar-refractivity contribution is 5.97. The normalized spacial score (nSPS) is 10.5. The lowest BCUT2D eigenvalue weighted by atomic mass is 10.1. The van der Waals surface area contributed by atoms with Crippen LogP contribution < -0.4 is 15.4 Å². The highest BCUT2D eigenvalue weighted by Crippen LogP contribution is 2.14. The number of benzene rings is 1. The van der Waals surface area contributed by atoms with E-state index in [9.17, 15) is 14.4 Å². The lowest BCUT2D eigenvalue weighted by Gasteiger charge is -2.10. The van der Waals surface area contributed by atoms with Gasteiger partial charge in [-0.3, -0.25) is 10.1 Å². The standard InChI is InChI=1S/C18H26N2O5/c1-12(2)9-10-19-18(23)20-16(21)11-24-17(22)14-5-7-15(8-6-14)25-13(3)4/h5-8,12-13H,9-11H2,1-4H3,(H2,19,20,21,23). The molecule has 0 heterocycles. The second-order valence-corrected chi connectivity index (χ2v) is 6.25. The van der Waals surface area contributed by atoms with Crippen LogP contribution in [-0.4, -0.2) is 37.2 Å². The molecule has 0 aliphatic rings. The van der Waals surface area contributed by atoms with E-state index in [1.54, 1.807) is 24.3 Å². The van der Waals surface area contributed by atoms with E-state index < -0.39 is 24.5 Å². The summed E-state index contributed by atoms with van der Waals surface area (Å²) in [5.41, 5.74) is 0.297. The van der Waals surface area contributed by atoms with Crippen molar-refractivity contribution in [1.29, 1.82) is 0 Å². The quantitative estimate of drug-likeness (QED) is 0.703. The van der Waals surface area contributed by atoms with Gasteiger partial charge in [-0.05, 0) is 50.5 Å². The Bertz CT molecular complexity index is 582. The average molecular weight is 350 g/mol. The largest absolute Gasteiger partial charge is 0.491 e. The number of amides is 3. The lowest BCUT2D eigenvalue weighted by molar-refractivity contribution is -0.123. The number of carbonyl (C=O) groups is 3. The Kier molecular flexibility index (Phi) is 8.46. The van der Waals surface area contributed by atoms with Crippen LogP contribution in [-0.2, 0) is 9.53 Å². The van der Waals surface area contributed by atoms with E-state index >= 15 is 0 Å². The molecule has 1 aromatic rings. The maximum Gasteiger partial charge on any atom is 0.338 e. The monoisotopic (exact) mass is 350 g/mol. The van der Waals surface area contributed by atoms with Crippen LogP contribution in [0.5, 0.6) is 5.75 Å². The minimum absolute atomic E-state index is 0.0354. The first-order valence-electron chi connectivity index (χ1n) is 8.29. The highest BCUT2D eigenvalue weighted by Gasteiger charge is 2.12. The molecule has 0 atom stereocenters. The molecule has 138 valence electrons. The molecular formula is C18H26N2O5. The number of hydrogen-bond acceptors (Lipinski definition) is 5. The summed E-state index contributed by atoms with van der Waals surface area (Å²) >= 11 is 0. The van der Waals surface area contributed by atoms with E-state index in [-0.39, 0.29) is 6.10 Å². The number of imide groups is 1. The van der Waals surface area contributed by atoms with Gasteiger partial charge in [-0.15, -0.1) is 0 Å². The Morgan fingerprint density at radius 3 is 2.24 bits per heavy atom. The van der Waals surface area contributed by atoms with Gasteiger partial charge in [-0.1, -0.05) is 13.8 Å². The van der Waals surface area contributed by atoms with Crippen LogP contribution in [0.1, 0.15) is 44.5 Å². The van der Waals surface area contributed by atoms with E-state index in [0.29, 0.717) is 23.8 Å². The third-order valence-electron chi connectivity index (χ3n) is 3.06. The average Bonchev–Trinajstić information content (AvgIpc) is 2.52. The molecular weight excluding hydrogens is 324 g/mol. The van der Waals surface area contributed by atoms with Crippen molar-refractivity contribution in [3.63, 3.8) is 0 Å². The van der Waals surface area contributed by atoms with E-state index in [1.807, 2.05) is 27.7 Å². The molecule has 7 heteroatoms. The summed E-state index contributed by atoms with van der Waals surface area (Å²) in [5, 5.41) is 4.67. The second kappa shape index (κ2) is 10.3. The van der Waals surface area contributed by atoms with E-state index in [2.05, 4.69) is 10.6 Å². The molecule has 0 bridgehead atoms. The fourth-order valence-electron chi connectivity index (χ4n) is 1.84. The summed E-state index contributed by atoms with van der Waals surface area (Å²) in [6.07, 6.45) is 0.848. The molecule has 0 aliphatic carbocycles. The predicted octanol–water partition coefficient (Wildman–Crippen LogP) is 2.50. The lowest BCUT2D eigenvalue weighted by Crippen LogP contribution is -2.41. The van der Waals surface area contributed by atoms with E-state index in [0.717, 1.165) is 6.42 Å². The molecule has 0 aliphatic heterocycles. The van der Waals surface area contributed by atoms with Crippen LogP contribution in [0.15, 0.2) is 24.3 Å². The van der Waals surface area contributed by atoms with E-state index in [4.69, 9.17) is 9.47 Å².